The second-order valence-corrected chi connectivity index (χ2v) is 5.06. The third-order valence-corrected chi connectivity index (χ3v) is 3.36. The Morgan fingerprint density at radius 1 is 1.35 bits per heavy atom. The predicted molar refractivity (Wildman–Crippen MR) is 69.8 cm³/mol. The summed E-state index contributed by atoms with van der Waals surface area (Å²) in [5, 5.41) is 3.35. The largest absolute Gasteiger partial charge is 0.378 e. The van der Waals surface area contributed by atoms with Crippen LogP contribution in [-0.2, 0) is 6.54 Å². The molecule has 0 atom stereocenters. The molecule has 2 aromatic heterocycles. The highest BCUT2D eigenvalue weighted by Crippen LogP contribution is 2.35. The topological polar surface area (TPSA) is 42.7 Å². The van der Waals surface area contributed by atoms with Gasteiger partial charge in [0.05, 0.1) is 30.5 Å². The summed E-state index contributed by atoms with van der Waals surface area (Å²) in [5.74, 6) is 0. The van der Waals surface area contributed by atoms with E-state index in [-0.39, 0.29) is 0 Å². The van der Waals surface area contributed by atoms with Crippen LogP contribution in [-0.4, -0.2) is 14.5 Å². The van der Waals surface area contributed by atoms with E-state index in [1.165, 1.54) is 18.5 Å². The molecule has 3 rings (SSSR count). The number of imidazole rings is 1. The van der Waals surface area contributed by atoms with Gasteiger partial charge in [-0.3, -0.25) is 0 Å². The highest BCUT2D eigenvalue weighted by molar-refractivity contribution is 9.10. The summed E-state index contributed by atoms with van der Waals surface area (Å²) in [6.45, 7) is 0.791. The van der Waals surface area contributed by atoms with E-state index in [2.05, 4.69) is 35.8 Å². The Labute approximate surface area is 108 Å². The fraction of sp³-hybridized carbons (Fsp3) is 0.333. The molecular weight excluding hydrogens is 280 g/mol. The molecule has 0 aromatic carbocycles. The zero-order chi connectivity index (χ0) is 11.7. The van der Waals surface area contributed by atoms with Gasteiger partial charge in [-0.2, -0.15) is 0 Å². The summed E-state index contributed by atoms with van der Waals surface area (Å²) in [6.07, 6.45) is 8.24. The average Bonchev–Trinajstić information content (AvgIpc) is 3.08. The second-order valence-electron chi connectivity index (χ2n) is 4.25. The molecule has 2 heterocycles. The summed E-state index contributed by atoms with van der Waals surface area (Å²) in [7, 11) is 0. The molecule has 1 aliphatic carbocycles. The first-order chi connectivity index (χ1) is 8.33. The van der Waals surface area contributed by atoms with Gasteiger partial charge < -0.3 is 9.88 Å². The minimum absolute atomic E-state index is 0.678. The Bertz CT molecular complexity index is 501. The number of pyridine rings is 1. The Morgan fingerprint density at radius 2 is 2.24 bits per heavy atom. The van der Waals surface area contributed by atoms with Crippen molar-refractivity contribution in [1.29, 1.82) is 0 Å². The van der Waals surface area contributed by atoms with E-state index < -0.39 is 0 Å². The third kappa shape index (κ3) is 2.49. The maximum absolute atomic E-state index is 4.21. The van der Waals surface area contributed by atoms with Crippen molar-refractivity contribution in [1.82, 2.24) is 14.5 Å². The van der Waals surface area contributed by atoms with Crippen LogP contribution in [0.25, 0.3) is 0 Å². The van der Waals surface area contributed by atoms with Crippen LogP contribution in [0, 0.1) is 0 Å². The van der Waals surface area contributed by atoms with Crippen molar-refractivity contribution in [3.05, 3.63) is 41.2 Å². The van der Waals surface area contributed by atoms with E-state index in [4.69, 9.17) is 0 Å². The summed E-state index contributed by atoms with van der Waals surface area (Å²) in [4.78, 5) is 8.39. The van der Waals surface area contributed by atoms with Gasteiger partial charge in [0.2, 0.25) is 0 Å². The molecule has 0 amide bonds. The van der Waals surface area contributed by atoms with Gasteiger partial charge in [-0.05, 0) is 40.9 Å². The second kappa shape index (κ2) is 4.49. The molecule has 1 N–H and O–H groups in total. The standard InChI is InChI=1S/C12H13BrN4/c13-12-4-1-9(5-16-12)15-7-11-6-14-8-17(11)10-2-3-10/h1,4-6,8,10,15H,2-3,7H2. The molecule has 0 saturated heterocycles. The molecule has 17 heavy (non-hydrogen) atoms. The lowest BCUT2D eigenvalue weighted by atomic mass is 10.4. The average molecular weight is 293 g/mol. The number of nitrogens with one attached hydrogen (secondary N) is 1. The molecule has 0 aliphatic heterocycles. The van der Waals surface area contributed by atoms with Crippen molar-refractivity contribution in [2.75, 3.05) is 5.32 Å². The highest BCUT2D eigenvalue weighted by Gasteiger charge is 2.24. The molecule has 0 radical (unpaired) electrons. The molecule has 1 aliphatic rings. The van der Waals surface area contributed by atoms with E-state index in [9.17, 15) is 0 Å². The van der Waals surface area contributed by atoms with Crippen molar-refractivity contribution in [3.63, 3.8) is 0 Å². The maximum Gasteiger partial charge on any atom is 0.106 e. The van der Waals surface area contributed by atoms with Crippen molar-refractivity contribution in [2.45, 2.75) is 25.4 Å². The summed E-state index contributed by atoms with van der Waals surface area (Å²) in [6, 6.07) is 4.62. The quantitative estimate of drug-likeness (QED) is 0.881. The lowest BCUT2D eigenvalue weighted by Gasteiger charge is -2.08. The molecule has 0 spiro atoms. The minimum atomic E-state index is 0.678. The van der Waals surface area contributed by atoms with Gasteiger partial charge in [0.15, 0.2) is 0 Å². The monoisotopic (exact) mass is 292 g/mol. The van der Waals surface area contributed by atoms with Gasteiger partial charge in [-0.1, -0.05) is 0 Å². The Morgan fingerprint density at radius 3 is 2.94 bits per heavy atom. The zero-order valence-corrected chi connectivity index (χ0v) is 10.9. The van der Waals surface area contributed by atoms with E-state index in [1.54, 1.807) is 0 Å². The predicted octanol–water partition coefficient (Wildman–Crippen LogP) is 2.99. The smallest absolute Gasteiger partial charge is 0.106 e. The van der Waals surface area contributed by atoms with Crippen LogP contribution in [0.2, 0.25) is 0 Å². The number of aromatic nitrogens is 3. The SMILES string of the molecule is Brc1ccc(NCc2cncn2C2CC2)cn1. The van der Waals surface area contributed by atoms with Gasteiger partial charge in [0.1, 0.15) is 4.60 Å². The van der Waals surface area contributed by atoms with Crippen molar-refractivity contribution < 1.29 is 0 Å². The lowest BCUT2D eigenvalue weighted by molar-refractivity contribution is 0.701. The number of rotatable bonds is 4. The number of nitrogens with zero attached hydrogens (tertiary/aromatic N) is 3. The van der Waals surface area contributed by atoms with Gasteiger partial charge in [-0.15, -0.1) is 0 Å². The van der Waals surface area contributed by atoms with Gasteiger partial charge in [-0.25, -0.2) is 9.97 Å². The Balaban J connectivity index is 1.67. The first kappa shape index (κ1) is 10.8. The lowest BCUT2D eigenvalue weighted by Crippen LogP contribution is -2.05. The molecule has 1 saturated carbocycles. The number of halogens is 1. The number of hydrogen-bond acceptors (Lipinski definition) is 3. The molecular formula is C12H13BrN4. The van der Waals surface area contributed by atoms with E-state index in [0.717, 1.165) is 16.8 Å². The van der Waals surface area contributed by atoms with Crippen LogP contribution in [0.3, 0.4) is 0 Å². The summed E-state index contributed by atoms with van der Waals surface area (Å²) < 4.78 is 3.12. The molecule has 0 bridgehead atoms. The molecule has 88 valence electrons. The molecule has 2 aromatic rings. The van der Waals surface area contributed by atoms with Crippen molar-refractivity contribution >= 4 is 21.6 Å². The van der Waals surface area contributed by atoms with Crippen LogP contribution >= 0.6 is 15.9 Å². The number of anilines is 1. The molecule has 0 unspecified atom stereocenters. The van der Waals surface area contributed by atoms with Gasteiger partial charge >= 0.3 is 0 Å². The Kier molecular flexibility index (Phi) is 2.84. The molecule has 1 fully saturated rings. The van der Waals surface area contributed by atoms with Gasteiger partial charge in [0.25, 0.3) is 0 Å². The summed E-state index contributed by atoms with van der Waals surface area (Å²) in [5.41, 5.74) is 2.26. The van der Waals surface area contributed by atoms with Crippen LogP contribution in [0.1, 0.15) is 24.6 Å². The molecule has 5 heteroatoms. The van der Waals surface area contributed by atoms with Crippen LogP contribution in [0.4, 0.5) is 5.69 Å². The third-order valence-electron chi connectivity index (χ3n) is 2.89. The van der Waals surface area contributed by atoms with Crippen molar-refractivity contribution in [3.8, 4) is 0 Å². The van der Waals surface area contributed by atoms with Crippen molar-refractivity contribution in [2.24, 2.45) is 0 Å². The maximum atomic E-state index is 4.21. The van der Waals surface area contributed by atoms with E-state index in [0.29, 0.717) is 6.04 Å². The normalized spacial score (nSPS) is 14.9. The summed E-state index contributed by atoms with van der Waals surface area (Å²) >= 11 is 3.32. The fourth-order valence-electron chi connectivity index (χ4n) is 1.82. The van der Waals surface area contributed by atoms with E-state index >= 15 is 0 Å². The Hall–Kier alpha value is -1.36. The highest BCUT2D eigenvalue weighted by atomic mass is 79.9. The van der Waals surface area contributed by atoms with Crippen LogP contribution in [0.5, 0.6) is 0 Å². The van der Waals surface area contributed by atoms with Crippen LogP contribution < -0.4 is 5.32 Å². The first-order valence-electron chi connectivity index (χ1n) is 5.69. The van der Waals surface area contributed by atoms with Crippen LogP contribution in [0.15, 0.2) is 35.5 Å². The molecule has 4 nitrogen and oxygen atoms in total. The van der Waals surface area contributed by atoms with E-state index in [1.807, 2.05) is 30.9 Å². The fourth-order valence-corrected chi connectivity index (χ4v) is 2.06. The number of hydrogen-bond donors (Lipinski definition) is 1. The zero-order valence-electron chi connectivity index (χ0n) is 9.31. The minimum Gasteiger partial charge on any atom is -0.378 e. The van der Waals surface area contributed by atoms with Gasteiger partial charge in [0, 0.05) is 12.2 Å². The first-order valence-corrected chi connectivity index (χ1v) is 6.48.